The standard InChI is InChI=1S/C13H14F3NO2.C2H6/c1-3-19-12(18)4-8(2)17-7-9-5-10(14)13(16)11(15)6-9;1-2/h4-6,17H,3,7H2,1-2H3;1-2H3/b8-4+;. The third kappa shape index (κ3) is 6.83. The molecular formula is C15H20F3NO2. The molecule has 0 saturated carbocycles. The van der Waals surface area contributed by atoms with E-state index < -0.39 is 23.4 Å². The summed E-state index contributed by atoms with van der Waals surface area (Å²) in [7, 11) is 0. The van der Waals surface area contributed by atoms with Gasteiger partial charge in [0, 0.05) is 18.3 Å². The lowest BCUT2D eigenvalue weighted by Gasteiger charge is -2.07. The van der Waals surface area contributed by atoms with Gasteiger partial charge in [-0.05, 0) is 31.5 Å². The first-order valence-electron chi connectivity index (χ1n) is 6.66. The molecule has 21 heavy (non-hydrogen) atoms. The van der Waals surface area contributed by atoms with Gasteiger partial charge in [-0.3, -0.25) is 0 Å². The fourth-order valence-electron chi connectivity index (χ4n) is 1.36. The van der Waals surface area contributed by atoms with E-state index in [0.29, 0.717) is 5.70 Å². The highest BCUT2D eigenvalue weighted by atomic mass is 19.2. The molecule has 0 atom stereocenters. The molecule has 0 saturated heterocycles. The number of hydrogen-bond donors (Lipinski definition) is 1. The summed E-state index contributed by atoms with van der Waals surface area (Å²) in [5.41, 5.74) is 0.705. The summed E-state index contributed by atoms with van der Waals surface area (Å²) in [5.74, 6) is -4.50. The van der Waals surface area contributed by atoms with Crippen molar-refractivity contribution in [3.05, 3.63) is 46.9 Å². The largest absolute Gasteiger partial charge is 0.463 e. The Morgan fingerprint density at radius 2 is 1.76 bits per heavy atom. The van der Waals surface area contributed by atoms with Crippen LogP contribution in [0.5, 0.6) is 0 Å². The van der Waals surface area contributed by atoms with Crippen LogP contribution >= 0.6 is 0 Å². The average molecular weight is 303 g/mol. The summed E-state index contributed by atoms with van der Waals surface area (Å²) in [6.45, 7) is 7.61. The van der Waals surface area contributed by atoms with Gasteiger partial charge in [0.25, 0.3) is 0 Å². The SMILES string of the molecule is CC.CCOC(=O)/C=C(\C)NCc1cc(F)c(F)c(F)c1. The second-order valence-electron chi connectivity index (χ2n) is 3.81. The fourth-order valence-corrected chi connectivity index (χ4v) is 1.36. The number of carbonyl (C=O) groups is 1. The van der Waals surface area contributed by atoms with Crippen LogP contribution in [0.2, 0.25) is 0 Å². The van der Waals surface area contributed by atoms with Crippen LogP contribution in [0.15, 0.2) is 23.9 Å². The smallest absolute Gasteiger partial charge is 0.332 e. The van der Waals surface area contributed by atoms with Crippen LogP contribution < -0.4 is 5.32 Å². The molecule has 1 rings (SSSR count). The van der Waals surface area contributed by atoms with Gasteiger partial charge in [-0.2, -0.15) is 0 Å². The van der Waals surface area contributed by atoms with Crippen LogP contribution in [0.3, 0.4) is 0 Å². The van der Waals surface area contributed by atoms with E-state index in [1.165, 1.54) is 6.08 Å². The van der Waals surface area contributed by atoms with Crippen LogP contribution in [-0.2, 0) is 16.1 Å². The Kier molecular flexibility index (Phi) is 8.92. The van der Waals surface area contributed by atoms with Gasteiger partial charge in [0.1, 0.15) is 0 Å². The van der Waals surface area contributed by atoms with Crippen molar-refractivity contribution in [2.24, 2.45) is 0 Å². The molecule has 0 aliphatic carbocycles. The molecule has 0 aromatic heterocycles. The summed E-state index contributed by atoms with van der Waals surface area (Å²) in [4.78, 5) is 11.1. The van der Waals surface area contributed by atoms with E-state index in [-0.39, 0.29) is 18.7 Å². The second-order valence-corrected chi connectivity index (χ2v) is 3.81. The number of esters is 1. The van der Waals surface area contributed by atoms with Gasteiger partial charge in [0.2, 0.25) is 0 Å². The van der Waals surface area contributed by atoms with E-state index in [1.54, 1.807) is 13.8 Å². The summed E-state index contributed by atoms with van der Waals surface area (Å²) >= 11 is 0. The molecule has 0 heterocycles. The lowest BCUT2D eigenvalue weighted by atomic mass is 10.2. The van der Waals surface area contributed by atoms with Crippen molar-refractivity contribution < 1.29 is 22.7 Å². The Balaban J connectivity index is 0.00000191. The minimum atomic E-state index is -1.50. The lowest BCUT2D eigenvalue weighted by molar-refractivity contribution is -0.137. The molecule has 118 valence electrons. The summed E-state index contributed by atoms with van der Waals surface area (Å²) < 4.78 is 43.3. The van der Waals surface area contributed by atoms with Crippen molar-refractivity contribution >= 4 is 5.97 Å². The second kappa shape index (κ2) is 9.85. The third-order valence-corrected chi connectivity index (χ3v) is 2.24. The zero-order valence-electron chi connectivity index (χ0n) is 12.6. The minimum Gasteiger partial charge on any atom is -0.463 e. The number of carbonyl (C=O) groups excluding carboxylic acids is 1. The van der Waals surface area contributed by atoms with E-state index in [4.69, 9.17) is 4.74 Å². The molecular weight excluding hydrogens is 283 g/mol. The van der Waals surface area contributed by atoms with E-state index in [2.05, 4.69) is 5.32 Å². The summed E-state index contributed by atoms with van der Waals surface area (Å²) in [5, 5.41) is 2.77. The Morgan fingerprint density at radius 1 is 1.24 bits per heavy atom. The van der Waals surface area contributed by atoms with Gasteiger partial charge in [-0.1, -0.05) is 13.8 Å². The number of halogens is 3. The number of hydrogen-bond acceptors (Lipinski definition) is 3. The maximum atomic E-state index is 12.9. The Labute approximate surface area is 122 Å². The quantitative estimate of drug-likeness (QED) is 0.512. The summed E-state index contributed by atoms with van der Waals surface area (Å²) in [6.07, 6.45) is 1.22. The molecule has 0 spiro atoms. The van der Waals surface area contributed by atoms with Crippen LogP contribution in [-0.4, -0.2) is 12.6 Å². The molecule has 0 aliphatic heterocycles. The van der Waals surface area contributed by atoms with Gasteiger partial charge >= 0.3 is 5.97 Å². The fraction of sp³-hybridized carbons (Fsp3) is 0.400. The molecule has 1 N–H and O–H groups in total. The van der Waals surface area contributed by atoms with Gasteiger partial charge in [-0.25, -0.2) is 18.0 Å². The molecule has 0 unspecified atom stereocenters. The highest BCUT2D eigenvalue weighted by Crippen LogP contribution is 2.13. The number of nitrogens with one attached hydrogen (secondary N) is 1. The van der Waals surface area contributed by atoms with E-state index in [0.717, 1.165) is 12.1 Å². The summed E-state index contributed by atoms with van der Waals surface area (Å²) in [6, 6.07) is 1.78. The topological polar surface area (TPSA) is 38.3 Å². The van der Waals surface area contributed by atoms with Gasteiger partial charge in [0.05, 0.1) is 6.61 Å². The first-order valence-corrected chi connectivity index (χ1v) is 6.66. The Bertz CT molecular complexity index is 479. The lowest BCUT2D eigenvalue weighted by Crippen LogP contribution is -2.13. The monoisotopic (exact) mass is 303 g/mol. The van der Waals surface area contributed by atoms with Crippen molar-refractivity contribution in [2.75, 3.05) is 6.61 Å². The molecule has 0 fully saturated rings. The van der Waals surface area contributed by atoms with Crippen molar-refractivity contribution in [1.29, 1.82) is 0 Å². The molecule has 0 bridgehead atoms. The molecule has 0 aliphatic rings. The first-order chi connectivity index (χ1) is 9.93. The van der Waals surface area contributed by atoms with Crippen molar-refractivity contribution in [1.82, 2.24) is 5.32 Å². The maximum Gasteiger partial charge on any atom is 0.332 e. The average Bonchev–Trinajstić information content (AvgIpc) is 2.44. The van der Waals surface area contributed by atoms with E-state index in [9.17, 15) is 18.0 Å². The van der Waals surface area contributed by atoms with Crippen LogP contribution in [0, 0.1) is 17.5 Å². The molecule has 0 radical (unpaired) electrons. The third-order valence-electron chi connectivity index (χ3n) is 2.24. The highest BCUT2D eigenvalue weighted by Gasteiger charge is 2.10. The molecule has 1 aromatic rings. The molecule has 6 heteroatoms. The zero-order valence-corrected chi connectivity index (χ0v) is 12.6. The van der Waals surface area contributed by atoms with Crippen LogP contribution in [0.4, 0.5) is 13.2 Å². The predicted molar refractivity (Wildman–Crippen MR) is 74.9 cm³/mol. The van der Waals surface area contributed by atoms with E-state index >= 15 is 0 Å². The first kappa shape index (κ1) is 19.0. The zero-order chi connectivity index (χ0) is 16.4. The molecule has 1 aromatic carbocycles. The van der Waals surface area contributed by atoms with Crippen molar-refractivity contribution in [2.45, 2.75) is 34.2 Å². The van der Waals surface area contributed by atoms with Crippen LogP contribution in [0.25, 0.3) is 0 Å². The minimum absolute atomic E-state index is 0.0653. The van der Waals surface area contributed by atoms with Crippen LogP contribution in [0.1, 0.15) is 33.3 Å². The maximum absolute atomic E-state index is 12.9. The van der Waals surface area contributed by atoms with Gasteiger partial charge < -0.3 is 10.1 Å². The van der Waals surface area contributed by atoms with Crippen molar-refractivity contribution in [3.8, 4) is 0 Å². The van der Waals surface area contributed by atoms with Gasteiger partial charge in [0.15, 0.2) is 17.5 Å². The Hall–Kier alpha value is -1.98. The Morgan fingerprint density at radius 3 is 2.24 bits per heavy atom. The predicted octanol–water partition coefficient (Wildman–Crippen LogP) is 3.69. The number of ether oxygens (including phenoxy) is 1. The normalized spacial score (nSPS) is 10.5. The van der Waals surface area contributed by atoms with Crippen molar-refractivity contribution in [3.63, 3.8) is 0 Å². The number of benzene rings is 1. The van der Waals surface area contributed by atoms with E-state index in [1.807, 2.05) is 13.8 Å². The number of allylic oxidation sites excluding steroid dienone is 1. The van der Waals surface area contributed by atoms with Gasteiger partial charge in [-0.15, -0.1) is 0 Å². The molecule has 3 nitrogen and oxygen atoms in total. The molecule has 0 amide bonds. The number of rotatable bonds is 5. The highest BCUT2D eigenvalue weighted by molar-refractivity contribution is 5.82.